The number of nitrogens with one attached hydrogen (secondary N) is 1. The first kappa shape index (κ1) is 19.0. The molecule has 7 heteroatoms. The monoisotopic (exact) mass is 387 g/mol. The van der Waals surface area contributed by atoms with Crippen molar-refractivity contribution in [1.29, 1.82) is 0 Å². The van der Waals surface area contributed by atoms with Crippen molar-refractivity contribution in [2.45, 2.75) is 13.3 Å². The van der Waals surface area contributed by atoms with E-state index in [1.165, 1.54) is 11.6 Å². The van der Waals surface area contributed by atoms with Crippen molar-refractivity contribution in [2.75, 3.05) is 18.4 Å². The fourth-order valence-corrected chi connectivity index (χ4v) is 3.20. The SMILES string of the molecule is CC1=C(c2ccc(NC(=O)c3c(F)cccc3F)cc2)CN(C(N)=S)CC1. The molecule has 140 valence electrons. The maximum Gasteiger partial charge on any atom is 0.261 e. The summed E-state index contributed by atoms with van der Waals surface area (Å²) in [4.78, 5) is 14.1. The largest absolute Gasteiger partial charge is 0.376 e. The zero-order chi connectivity index (χ0) is 19.6. The van der Waals surface area contributed by atoms with E-state index in [1.807, 2.05) is 17.0 Å². The number of anilines is 1. The van der Waals surface area contributed by atoms with E-state index in [0.29, 0.717) is 17.3 Å². The number of nitrogens with zero attached hydrogens (tertiary/aromatic N) is 1. The molecule has 0 spiro atoms. The lowest BCUT2D eigenvalue weighted by Gasteiger charge is -2.30. The second-order valence-electron chi connectivity index (χ2n) is 6.40. The Balaban J connectivity index is 1.78. The zero-order valence-electron chi connectivity index (χ0n) is 14.8. The van der Waals surface area contributed by atoms with E-state index < -0.39 is 23.1 Å². The van der Waals surface area contributed by atoms with Crippen LogP contribution in [-0.4, -0.2) is 29.0 Å². The minimum absolute atomic E-state index is 0.371. The third-order valence-corrected chi connectivity index (χ3v) is 4.87. The van der Waals surface area contributed by atoms with Crippen LogP contribution in [0.3, 0.4) is 0 Å². The van der Waals surface area contributed by atoms with Gasteiger partial charge in [-0.15, -0.1) is 0 Å². The van der Waals surface area contributed by atoms with Gasteiger partial charge in [-0.3, -0.25) is 4.79 Å². The van der Waals surface area contributed by atoms with Gasteiger partial charge in [0.05, 0.1) is 0 Å². The Kier molecular flexibility index (Phi) is 5.51. The first-order valence-corrected chi connectivity index (χ1v) is 8.86. The Morgan fingerprint density at radius 1 is 1.15 bits per heavy atom. The van der Waals surface area contributed by atoms with Gasteiger partial charge < -0.3 is 16.0 Å². The molecule has 3 N–H and O–H groups in total. The predicted molar refractivity (Wildman–Crippen MR) is 106 cm³/mol. The molecule has 1 heterocycles. The van der Waals surface area contributed by atoms with E-state index >= 15 is 0 Å². The summed E-state index contributed by atoms with van der Waals surface area (Å²) in [5, 5.41) is 2.89. The molecule has 1 aliphatic heterocycles. The van der Waals surface area contributed by atoms with Gasteiger partial charge in [-0.1, -0.05) is 23.8 Å². The number of carbonyl (C=O) groups is 1. The number of hydrogen-bond donors (Lipinski definition) is 2. The minimum Gasteiger partial charge on any atom is -0.376 e. The third-order valence-electron chi connectivity index (χ3n) is 4.61. The highest BCUT2D eigenvalue weighted by atomic mass is 32.1. The molecule has 0 radical (unpaired) electrons. The molecule has 0 aliphatic carbocycles. The van der Waals surface area contributed by atoms with Crippen molar-refractivity contribution < 1.29 is 13.6 Å². The highest BCUT2D eigenvalue weighted by molar-refractivity contribution is 7.80. The van der Waals surface area contributed by atoms with Gasteiger partial charge in [-0.05, 0) is 61.0 Å². The molecule has 0 saturated carbocycles. The van der Waals surface area contributed by atoms with Gasteiger partial charge in [0.1, 0.15) is 17.2 Å². The lowest BCUT2D eigenvalue weighted by molar-refractivity contribution is 0.101. The molecule has 27 heavy (non-hydrogen) atoms. The summed E-state index contributed by atoms with van der Waals surface area (Å²) in [6.07, 6.45) is 0.873. The van der Waals surface area contributed by atoms with E-state index in [0.717, 1.165) is 36.2 Å². The van der Waals surface area contributed by atoms with Gasteiger partial charge in [0, 0.05) is 18.8 Å². The summed E-state index contributed by atoms with van der Waals surface area (Å²) < 4.78 is 27.4. The van der Waals surface area contributed by atoms with E-state index in [-0.39, 0.29) is 0 Å². The molecular weight excluding hydrogens is 368 g/mol. The number of amides is 1. The maximum atomic E-state index is 13.7. The van der Waals surface area contributed by atoms with E-state index in [9.17, 15) is 13.6 Å². The summed E-state index contributed by atoms with van der Waals surface area (Å²) >= 11 is 5.07. The van der Waals surface area contributed by atoms with Crippen molar-refractivity contribution in [3.63, 3.8) is 0 Å². The molecule has 4 nitrogen and oxygen atoms in total. The van der Waals surface area contributed by atoms with E-state index in [4.69, 9.17) is 18.0 Å². The Bertz CT molecular complexity index is 905. The summed E-state index contributed by atoms with van der Waals surface area (Å²) in [5.41, 5.74) is 8.97. The van der Waals surface area contributed by atoms with Crippen LogP contribution in [0.2, 0.25) is 0 Å². The normalized spacial score (nSPS) is 14.3. The van der Waals surface area contributed by atoms with Crippen LogP contribution >= 0.6 is 12.2 Å². The van der Waals surface area contributed by atoms with Crippen molar-refractivity contribution >= 4 is 34.5 Å². The fourth-order valence-electron chi connectivity index (χ4n) is 3.05. The third kappa shape index (κ3) is 4.14. The van der Waals surface area contributed by atoms with Gasteiger partial charge in [0.15, 0.2) is 5.11 Å². The smallest absolute Gasteiger partial charge is 0.261 e. The van der Waals surface area contributed by atoms with Crippen LogP contribution in [0.1, 0.15) is 29.3 Å². The average Bonchev–Trinajstić information content (AvgIpc) is 2.62. The molecule has 3 rings (SSSR count). The Morgan fingerprint density at radius 3 is 2.37 bits per heavy atom. The van der Waals surface area contributed by atoms with Crippen molar-refractivity contribution in [3.8, 4) is 0 Å². The lowest BCUT2D eigenvalue weighted by Crippen LogP contribution is -2.39. The van der Waals surface area contributed by atoms with Gasteiger partial charge in [-0.25, -0.2) is 8.78 Å². The summed E-state index contributed by atoms with van der Waals surface area (Å²) in [7, 11) is 0. The van der Waals surface area contributed by atoms with Crippen LogP contribution in [0.25, 0.3) is 5.57 Å². The van der Waals surface area contributed by atoms with Crippen LogP contribution < -0.4 is 11.1 Å². The molecular formula is C20H19F2N3OS. The molecule has 0 unspecified atom stereocenters. The average molecular weight is 387 g/mol. The maximum absolute atomic E-state index is 13.7. The summed E-state index contributed by atoms with van der Waals surface area (Å²) in [6, 6.07) is 10.4. The van der Waals surface area contributed by atoms with Crippen LogP contribution in [0, 0.1) is 11.6 Å². The molecule has 1 aliphatic rings. The highest BCUT2D eigenvalue weighted by Crippen LogP contribution is 2.27. The quantitative estimate of drug-likeness (QED) is 0.784. The van der Waals surface area contributed by atoms with Crippen LogP contribution in [0.5, 0.6) is 0 Å². The van der Waals surface area contributed by atoms with E-state index in [2.05, 4.69) is 12.2 Å². The standard InChI is InChI=1S/C20H19F2N3OS/c1-12-9-10-25(20(23)27)11-15(12)13-5-7-14(8-6-13)24-19(26)18-16(21)3-2-4-17(18)22/h2-8H,9-11H2,1H3,(H2,23,27)(H,24,26). The Labute approximate surface area is 161 Å². The molecule has 0 aromatic heterocycles. The van der Waals surface area contributed by atoms with Gasteiger partial charge >= 0.3 is 0 Å². The minimum atomic E-state index is -0.898. The second kappa shape index (κ2) is 7.84. The Hall–Kier alpha value is -2.80. The summed E-state index contributed by atoms with van der Waals surface area (Å²) in [6.45, 7) is 3.50. The van der Waals surface area contributed by atoms with Crippen LogP contribution in [-0.2, 0) is 0 Å². The number of halogens is 2. The lowest BCUT2D eigenvalue weighted by atomic mass is 9.95. The number of hydrogen-bond acceptors (Lipinski definition) is 2. The molecule has 0 saturated heterocycles. The molecule has 0 atom stereocenters. The Morgan fingerprint density at radius 2 is 1.78 bits per heavy atom. The number of benzene rings is 2. The van der Waals surface area contributed by atoms with Gasteiger partial charge in [0.25, 0.3) is 5.91 Å². The van der Waals surface area contributed by atoms with Crippen LogP contribution in [0.15, 0.2) is 48.0 Å². The van der Waals surface area contributed by atoms with Crippen molar-refractivity contribution in [3.05, 3.63) is 70.8 Å². The van der Waals surface area contributed by atoms with E-state index in [1.54, 1.807) is 12.1 Å². The van der Waals surface area contributed by atoms with Gasteiger partial charge in [-0.2, -0.15) is 0 Å². The molecule has 2 aromatic carbocycles. The number of nitrogens with two attached hydrogens (primary N) is 1. The second-order valence-corrected chi connectivity index (χ2v) is 6.82. The number of carbonyl (C=O) groups excluding carboxylic acids is 1. The number of thiocarbonyl (C=S) groups is 1. The molecule has 1 amide bonds. The fraction of sp³-hybridized carbons (Fsp3) is 0.200. The highest BCUT2D eigenvalue weighted by Gasteiger charge is 2.19. The zero-order valence-corrected chi connectivity index (χ0v) is 15.6. The first-order valence-electron chi connectivity index (χ1n) is 8.45. The molecule has 0 fully saturated rings. The summed E-state index contributed by atoms with van der Waals surface area (Å²) in [5.74, 6) is -2.62. The predicted octanol–water partition coefficient (Wildman–Crippen LogP) is 3.94. The van der Waals surface area contributed by atoms with Gasteiger partial charge in [0.2, 0.25) is 0 Å². The number of rotatable bonds is 3. The van der Waals surface area contributed by atoms with Crippen LogP contribution in [0.4, 0.5) is 14.5 Å². The molecule has 0 bridgehead atoms. The molecule has 2 aromatic rings. The first-order chi connectivity index (χ1) is 12.9. The van der Waals surface area contributed by atoms with Crippen molar-refractivity contribution in [1.82, 2.24) is 4.90 Å². The topological polar surface area (TPSA) is 58.4 Å². The van der Waals surface area contributed by atoms with Crippen molar-refractivity contribution in [2.24, 2.45) is 5.73 Å².